The van der Waals surface area contributed by atoms with Gasteiger partial charge in [0.15, 0.2) is 0 Å². The number of para-hydroxylation sites is 1. The summed E-state index contributed by atoms with van der Waals surface area (Å²) in [6.07, 6.45) is 5.96. The number of pyridine rings is 1. The molecule has 0 saturated heterocycles. The van der Waals surface area contributed by atoms with Gasteiger partial charge in [-0.2, -0.15) is 0 Å². The lowest BCUT2D eigenvalue weighted by Gasteiger charge is -2.39. The minimum Gasteiger partial charge on any atom is -0.308 e. The quantitative estimate of drug-likeness (QED) is 0.240. The molecule has 0 fully saturated rings. The fourth-order valence-corrected chi connectivity index (χ4v) is 7.17. The summed E-state index contributed by atoms with van der Waals surface area (Å²) in [5.41, 5.74) is 21.1. The SMILES string of the molecule is c1ccc2c(c1)Cc1ccc3c(c1-2)Cc1c-3ccc2c1Cc1nccc3c1N2c1ccccc1C3. The molecule has 0 unspecified atom stereocenters. The van der Waals surface area contributed by atoms with Crippen molar-refractivity contribution in [3.05, 3.63) is 130 Å². The van der Waals surface area contributed by atoms with E-state index in [0.717, 1.165) is 25.7 Å². The lowest BCUT2D eigenvalue weighted by molar-refractivity contribution is 0.949. The Morgan fingerprint density at radius 2 is 1.31 bits per heavy atom. The first-order chi connectivity index (χ1) is 17.3. The van der Waals surface area contributed by atoms with Crippen molar-refractivity contribution in [3.63, 3.8) is 0 Å². The monoisotopic (exact) mass is 446 g/mol. The highest BCUT2D eigenvalue weighted by Crippen LogP contribution is 2.54. The molecule has 9 rings (SSSR count). The van der Waals surface area contributed by atoms with Gasteiger partial charge in [-0.3, -0.25) is 4.98 Å². The molecule has 0 N–H and O–H groups in total. The molecular formula is C33H22N2. The highest BCUT2D eigenvalue weighted by Gasteiger charge is 2.36. The maximum atomic E-state index is 4.90. The van der Waals surface area contributed by atoms with Crippen LogP contribution in [0.2, 0.25) is 0 Å². The van der Waals surface area contributed by atoms with Gasteiger partial charge in [-0.05, 0) is 92.2 Å². The smallest absolute Gasteiger partial charge is 0.0716 e. The number of aromatic nitrogens is 1. The normalized spacial score (nSPS) is 14.9. The molecule has 2 nitrogen and oxygen atoms in total. The predicted octanol–water partition coefficient (Wildman–Crippen LogP) is 7.50. The molecule has 2 aliphatic heterocycles. The Kier molecular flexibility index (Phi) is 3.27. The van der Waals surface area contributed by atoms with Crippen LogP contribution in [0.15, 0.2) is 85.1 Å². The Labute approximate surface area is 204 Å². The zero-order chi connectivity index (χ0) is 22.7. The first-order valence-electron chi connectivity index (χ1n) is 12.6. The molecule has 0 bridgehead atoms. The summed E-state index contributed by atoms with van der Waals surface area (Å²) in [6.45, 7) is 0. The molecule has 1 aromatic heterocycles. The molecule has 4 aliphatic rings. The van der Waals surface area contributed by atoms with Crippen LogP contribution in [0.5, 0.6) is 0 Å². The molecule has 0 atom stereocenters. The summed E-state index contributed by atoms with van der Waals surface area (Å²) >= 11 is 0. The van der Waals surface area contributed by atoms with Crippen molar-refractivity contribution < 1.29 is 0 Å². The molecular weight excluding hydrogens is 424 g/mol. The average molecular weight is 447 g/mol. The molecule has 0 saturated carbocycles. The van der Waals surface area contributed by atoms with Gasteiger partial charge < -0.3 is 4.90 Å². The largest absolute Gasteiger partial charge is 0.308 e. The standard InChI is InChI=1S/C33H22N2/c1-3-7-23-19(5-1)15-21-9-10-25-24-11-12-31-27(26(24)17-28(25)32(21)23)18-29-33-22(13-14-34-29)16-20-6-2-4-8-30(20)35(31)33/h1-14H,15-18H2. The van der Waals surface area contributed by atoms with E-state index in [-0.39, 0.29) is 0 Å². The summed E-state index contributed by atoms with van der Waals surface area (Å²) in [5, 5.41) is 0. The van der Waals surface area contributed by atoms with E-state index in [1.165, 1.54) is 84.0 Å². The Bertz CT molecular complexity index is 1760. The minimum atomic E-state index is 0.910. The Morgan fingerprint density at radius 3 is 2.29 bits per heavy atom. The van der Waals surface area contributed by atoms with E-state index in [2.05, 4.69) is 83.8 Å². The number of fused-ring (bicyclic) bond motifs is 12. The Balaban J connectivity index is 1.28. The van der Waals surface area contributed by atoms with Crippen molar-refractivity contribution in [1.82, 2.24) is 4.98 Å². The van der Waals surface area contributed by atoms with Crippen molar-refractivity contribution in [2.45, 2.75) is 25.7 Å². The van der Waals surface area contributed by atoms with Gasteiger partial charge in [0.25, 0.3) is 0 Å². The van der Waals surface area contributed by atoms with Gasteiger partial charge in [0.05, 0.1) is 17.1 Å². The van der Waals surface area contributed by atoms with Crippen LogP contribution in [0.25, 0.3) is 22.3 Å². The first-order valence-corrected chi connectivity index (χ1v) is 12.6. The van der Waals surface area contributed by atoms with Crippen molar-refractivity contribution in [2.24, 2.45) is 0 Å². The fraction of sp³-hybridized carbons (Fsp3) is 0.121. The lowest BCUT2D eigenvalue weighted by atomic mass is 9.86. The van der Waals surface area contributed by atoms with Gasteiger partial charge in [-0.15, -0.1) is 0 Å². The molecule has 0 spiro atoms. The van der Waals surface area contributed by atoms with Crippen molar-refractivity contribution in [1.29, 1.82) is 0 Å². The average Bonchev–Trinajstić information content (AvgIpc) is 3.47. The van der Waals surface area contributed by atoms with Gasteiger partial charge in [-0.25, -0.2) is 0 Å². The second-order valence-corrected chi connectivity index (χ2v) is 10.3. The topological polar surface area (TPSA) is 16.1 Å². The van der Waals surface area contributed by atoms with Crippen LogP contribution in [0.3, 0.4) is 0 Å². The zero-order valence-electron chi connectivity index (χ0n) is 19.3. The van der Waals surface area contributed by atoms with Crippen LogP contribution < -0.4 is 4.90 Å². The van der Waals surface area contributed by atoms with Crippen molar-refractivity contribution in [2.75, 3.05) is 4.90 Å². The molecule has 164 valence electrons. The third-order valence-electron chi connectivity index (χ3n) is 8.62. The van der Waals surface area contributed by atoms with Crippen LogP contribution in [-0.2, 0) is 25.7 Å². The molecule has 3 heterocycles. The van der Waals surface area contributed by atoms with E-state index < -0.39 is 0 Å². The second kappa shape index (κ2) is 6.28. The van der Waals surface area contributed by atoms with E-state index >= 15 is 0 Å². The third-order valence-corrected chi connectivity index (χ3v) is 8.62. The van der Waals surface area contributed by atoms with Crippen molar-refractivity contribution in [3.8, 4) is 22.3 Å². The molecule has 4 aromatic carbocycles. The predicted molar refractivity (Wildman–Crippen MR) is 141 cm³/mol. The maximum absolute atomic E-state index is 4.90. The maximum Gasteiger partial charge on any atom is 0.0716 e. The first kappa shape index (κ1) is 18.2. The van der Waals surface area contributed by atoms with Crippen LogP contribution in [0.1, 0.15) is 44.6 Å². The van der Waals surface area contributed by atoms with E-state index in [1.807, 2.05) is 6.20 Å². The number of hydrogen-bond acceptors (Lipinski definition) is 2. The molecule has 5 aromatic rings. The van der Waals surface area contributed by atoms with Gasteiger partial charge >= 0.3 is 0 Å². The number of hydrogen-bond donors (Lipinski definition) is 0. The van der Waals surface area contributed by atoms with Crippen LogP contribution in [-0.4, -0.2) is 4.98 Å². The van der Waals surface area contributed by atoms with E-state index in [4.69, 9.17) is 4.98 Å². The molecule has 35 heavy (non-hydrogen) atoms. The van der Waals surface area contributed by atoms with Crippen LogP contribution in [0.4, 0.5) is 17.1 Å². The summed E-state index contributed by atoms with van der Waals surface area (Å²) in [7, 11) is 0. The highest BCUT2D eigenvalue weighted by molar-refractivity contribution is 5.95. The summed E-state index contributed by atoms with van der Waals surface area (Å²) in [4.78, 5) is 7.40. The van der Waals surface area contributed by atoms with Crippen LogP contribution >= 0.6 is 0 Å². The van der Waals surface area contributed by atoms with Crippen molar-refractivity contribution >= 4 is 17.1 Å². The third kappa shape index (κ3) is 2.23. The fourth-order valence-electron chi connectivity index (χ4n) is 7.17. The van der Waals surface area contributed by atoms with Gasteiger partial charge in [0, 0.05) is 24.7 Å². The summed E-state index contributed by atoms with van der Waals surface area (Å²) < 4.78 is 0. The molecule has 0 radical (unpaired) electrons. The summed E-state index contributed by atoms with van der Waals surface area (Å²) in [5.74, 6) is 0. The van der Waals surface area contributed by atoms with E-state index in [0.29, 0.717) is 0 Å². The molecule has 0 amide bonds. The summed E-state index contributed by atoms with van der Waals surface area (Å²) in [6, 6.07) is 29.5. The number of rotatable bonds is 0. The highest BCUT2D eigenvalue weighted by atomic mass is 15.2. The number of benzene rings is 4. The lowest BCUT2D eigenvalue weighted by Crippen LogP contribution is -2.26. The molecule has 2 heteroatoms. The zero-order valence-corrected chi connectivity index (χ0v) is 19.3. The van der Waals surface area contributed by atoms with Crippen LogP contribution in [0, 0.1) is 0 Å². The number of nitrogens with zero attached hydrogens (tertiary/aromatic N) is 2. The van der Waals surface area contributed by atoms with E-state index in [9.17, 15) is 0 Å². The second-order valence-electron chi connectivity index (χ2n) is 10.3. The van der Waals surface area contributed by atoms with Gasteiger partial charge in [-0.1, -0.05) is 60.7 Å². The molecule has 2 aliphatic carbocycles. The Morgan fingerprint density at radius 1 is 0.514 bits per heavy atom. The number of anilines is 3. The Hall–Kier alpha value is -4.17. The minimum absolute atomic E-state index is 0.910. The van der Waals surface area contributed by atoms with E-state index in [1.54, 1.807) is 0 Å². The van der Waals surface area contributed by atoms with Gasteiger partial charge in [0.2, 0.25) is 0 Å². The van der Waals surface area contributed by atoms with Gasteiger partial charge in [0.1, 0.15) is 0 Å².